The lowest BCUT2D eigenvalue weighted by atomic mass is 9.90. The van der Waals surface area contributed by atoms with E-state index in [1.807, 2.05) is 46.7 Å². The minimum Gasteiger partial charge on any atom is -0.387 e. The maximum atomic E-state index is 13.0. The van der Waals surface area contributed by atoms with Crippen LogP contribution in [0.2, 0.25) is 0 Å². The van der Waals surface area contributed by atoms with Crippen LogP contribution in [0.4, 0.5) is 0 Å². The van der Waals surface area contributed by atoms with Crippen LogP contribution < -0.4 is 0 Å². The van der Waals surface area contributed by atoms with Crippen LogP contribution in [-0.2, 0) is 0 Å². The van der Waals surface area contributed by atoms with Gasteiger partial charge in [0.25, 0.3) is 5.91 Å². The van der Waals surface area contributed by atoms with Crippen LogP contribution in [0.5, 0.6) is 0 Å². The van der Waals surface area contributed by atoms with Gasteiger partial charge in [0.1, 0.15) is 5.82 Å². The van der Waals surface area contributed by atoms with E-state index in [2.05, 4.69) is 9.97 Å². The third kappa shape index (κ3) is 3.30. The summed E-state index contributed by atoms with van der Waals surface area (Å²) in [6.07, 6.45) is 4.64. The fourth-order valence-corrected chi connectivity index (χ4v) is 4.37. The van der Waals surface area contributed by atoms with E-state index in [9.17, 15) is 9.90 Å². The van der Waals surface area contributed by atoms with Gasteiger partial charge < -0.3 is 15.0 Å². The number of imidazole rings is 1. The van der Waals surface area contributed by atoms with Crippen molar-refractivity contribution in [3.63, 3.8) is 0 Å². The van der Waals surface area contributed by atoms with Gasteiger partial charge in [0.15, 0.2) is 0 Å². The van der Waals surface area contributed by atoms with Crippen LogP contribution in [0.1, 0.15) is 34.2 Å². The lowest BCUT2D eigenvalue weighted by Gasteiger charge is -2.34. The highest BCUT2D eigenvalue weighted by Crippen LogP contribution is 2.33. The van der Waals surface area contributed by atoms with Crippen molar-refractivity contribution in [1.82, 2.24) is 14.9 Å². The molecule has 0 radical (unpaired) electrons. The standard InChI is InChI=1S/C20H21N3O2S/c24-18(17-6-3-13-26-17)14-7-11-23(12-8-14)20(25)16-5-2-1-4-15(16)19-21-9-10-22-19/h1-6,9-10,13-14,18,24H,7-8,11-12H2,(H,21,22). The van der Waals surface area contributed by atoms with Crippen molar-refractivity contribution in [2.24, 2.45) is 5.92 Å². The highest BCUT2D eigenvalue weighted by molar-refractivity contribution is 7.10. The van der Waals surface area contributed by atoms with E-state index in [4.69, 9.17) is 0 Å². The summed E-state index contributed by atoms with van der Waals surface area (Å²) in [6, 6.07) is 11.5. The Morgan fingerprint density at radius 3 is 2.73 bits per heavy atom. The zero-order chi connectivity index (χ0) is 17.9. The number of nitrogens with zero attached hydrogens (tertiary/aromatic N) is 2. The summed E-state index contributed by atoms with van der Waals surface area (Å²) >= 11 is 1.59. The number of thiophene rings is 1. The minimum atomic E-state index is -0.428. The molecule has 1 atom stereocenters. The van der Waals surface area contributed by atoms with Gasteiger partial charge in [-0.1, -0.05) is 24.3 Å². The number of hydrogen-bond acceptors (Lipinski definition) is 4. The van der Waals surface area contributed by atoms with Crippen LogP contribution in [0.3, 0.4) is 0 Å². The monoisotopic (exact) mass is 367 g/mol. The van der Waals surface area contributed by atoms with Crippen LogP contribution in [-0.4, -0.2) is 39.0 Å². The lowest BCUT2D eigenvalue weighted by Crippen LogP contribution is -2.39. The van der Waals surface area contributed by atoms with Gasteiger partial charge >= 0.3 is 0 Å². The second-order valence-electron chi connectivity index (χ2n) is 6.57. The molecular weight excluding hydrogens is 346 g/mol. The predicted octanol–water partition coefficient (Wildman–Crippen LogP) is 3.72. The molecule has 1 fully saturated rings. The molecule has 0 aliphatic carbocycles. The highest BCUT2D eigenvalue weighted by Gasteiger charge is 2.30. The first kappa shape index (κ1) is 17.0. The van der Waals surface area contributed by atoms with Crippen molar-refractivity contribution in [2.45, 2.75) is 18.9 Å². The summed E-state index contributed by atoms with van der Waals surface area (Å²) in [7, 11) is 0. The minimum absolute atomic E-state index is 0.0288. The number of H-pyrrole nitrogens is 1. The van der Waals surface area contributed by atoms with Crippen LogP contribution in [0.25, 0.3) is 11.4 Å². The zero-order valence-corrected chi connectivity index (χ0v) is 15.2. The van der Waals surface area contributed by atoms with E-state index in [1.54, 1.807) is 23.7 Å². The van der Waals surface area contributed by atoms with Crippen molar-refractivity contribution >= 4 is 17.2 Å². The number of aromatic nitrogens is 2. The molecule has 0 spiro atoms. The first-order chi connectivity index (χ1) is 12.7. The number of aromatic amines is 1. The molecule has 5 nitrogen and oxygen atoms in total. The number of benzene rings is 1. The molecule has 134 valence electrons. The van der Waals surface area contributed by atoms with E-state index in [0.29, 0.717) is 24.5 Å². The van der Waals surface area contributed by atoms with Crippen molar-refractivity contribution in [2.75, 3.05) is 13.1 Å². The first-order valence-electron chi connectivity index (χ1n) is 8.83. The molecule has 0 bridgehead atoms. The molecule has 4 rings (SSSR count). The molecule has 1 unspecified atom stereocenters. The van der Waals surface area contributed by atoms with Crippen molar-refractivity contribution in [3.05, 3.63) is 64.6 Å². The molecule has 6 heteroatoms. The lowest BCUT2D eigenvalue weighted by molar-refractivity contribution is 0.0474. The van der Waals surface area contributed by atoms with Crippen LogP contribution >= 0.6 is 11.3 Å². The number of piperidine rings is 1. The Labute approximate surface area is 156 Å². The molecule has 0 saturated carbocycles. The first-order valence-corrected chi connectivity index (χ1v) is 9.71. The second kappa shape index (κ2) is 7.43. The number of nitrogens with one attached hydrogen (secondary N) is 1. The normalized spacial score (nSPS) is 16.6. The van der Waals surface area contributed by atoms with E-state index in [-0.39, 0.29) is 11.8 Å². The Morgan fingerprint density at radius 2 is 2.04 bits per heavy atom. The Hall–Kier alpha value is -2.44. The smallest absolute Gasteiger partial charge is 0.254 e. The molecule has 3 heterocycles. The predicted molar refractivity (Wildman–Crippen MR) is 102 cm³/mol. The fraction of sp³-hybridized carbons (Fsp3) is 0.300. The molecule has 26 heavy (non-hydrogen) atoms. The van der Waals surface area contributed by atoms with E-state index in [1.165, 1.54) is 0 Å². The molecule has 3 aromatic rings. The van der Waals surface area contributed by atoms with Gasteiger partial charge in [-0.2, -0.15) is 0 Å². The number of carbonyl (C=O) groups is 1. The molecule has 1 amide bonds. The number of carbonyl (C=O) groups excluding carboxylic acids is 1. The maximum Gasteiger partial charge on any atom is 0.254 e. The maximum absolute atomic E-state index is 13.0. The molecule has 1 aromatic carbocycles. The summed E-state index contributed by atoms with van der Waals surface area (Å²) in [5.74, 6) is 0.941. The quantitative estimate of drug-likeness (QED) is 0.738. The van der Waals surface area contributed by atoms with Gasteiger partial charge in [-0.15, -0.1) is 11.3 Å². The largest absolute Gasteiger partial charge is 0.387 e. The molecule has 1 saturated heterocycles. The van der Waals surface area contributed by atoms with Gasteiger partial charge in [-0.3, -0.25) is 4.79 Å². The highest BCUT2D eigenvalue weighted by atomic mass is 32.1. The zero-order valence-electron chi connectivity index (χ0n) is 14.3. The number of aliphatic hydroxyl groups excluding tert-OH is 1. The van der Waals surface area contributed by atoms with Gasteiger partial charge in [-0.05, 0) is 36.3 Å². The average Bonchev–Trinajstić information content (AvgIpc) is 3.41. The number of rotatable bonds is 4. The Balaban J connectivity index is 1.46. The molecule has 2 aromatic heterocycles. The van der Waals surface area contributed by atoms with Crippen LogP contribution in [0.15, 0.2) is 54.2 Å². The SMILES string of the molecule is O=C(c1ccccc1-c1ncc[nH]1)N1CCC(C(O)c2cccs2)CC1. The van der Waals surface area contributed by atoms with E-state index < -0.39 is 6.10 Å². The molecule has 1 aliphatic rings. The fourth-order valence-electron chi connectivity index (χ4n) is 3.57. The van der Waals surface area contributed by atoms with Gasteiger partial charge in [0.05, 0.1) is 11.7 Å². The third-order valence-electron chi connectivity index (χ3n) is 5.02. The van der Waals surface area contributed by atoms with Gasteiger partial charge in [0, 0.05) is 35.9 Å². The van der Waals surface area contributed by atoms with Crippen LogP contribution in [0, 0.1) is 5.92 Å². The number of aliphatic hydroxyl groups is 1. The number of amides is 1. The van der Waals surface area contributed by atoms with Gasteiger partial charge in [-0.25, -0.2) is 4.98 Å². The van der Waals surface area contributed by atoms with Crippen molar-refractivity contribution in [3.8, 4) is 11.4 Å². The summed E-state index contributed by atoms with van der Waals surface area (Å²) in [6.45, 7) is 1.33. The van der Waals surface area contributed by atoms with E-state index in [0.717, 1.165) is 23.3 Å². The Kier molecular flexibility index (Phi) is 4.86. The summed E-state index contributed by atoms with van der Waals surface area (Å²) in [4.78, 5) is 23.3. The summed E-state index contributed by atoms with van der Waals surface area (Å²) in [5.41, 5.74) is 1.49. The van der Waals surface area contributed by atoms with Crippen molar-refractivity contribution in [1.29, 1.82) is 0 Å². The Morgan fingerprint density at radius 1 is 1.23 bits per heavy atom. The van der Waals surface area contributed by atoms with Crippen molar-refractivity contribution < 1.29 is 9.90 Å². The Bertz CT molecular complexity index is 853. The van der Waals surface area contributed by atoms with Gasteiger partial charge in [0.2, 0.25) is 0 Å². The third-order valence-corrected chi connectivity index (χ3v) is 5.96. The molecular formula is C20H21N3O2S. The van der Waals surface area contributed by atoms with E-state index >= 15 is 0 Å². The summed E-state index contributed by atoms with van der Waals surface area (Å²) < 4.78 is 0. The average molecular weight is 367 g/mol. The topological polar surface area (TPSA) is 69.2 Å². The second-order valence-corrected chi connectivity index (χ2v) is 7.55. The molecule has 2 N–H and O–H groups in total. The number of hydrogen-bond donors (Lipinski definition) is 2. The summed E-state index contributed by atoms with van der Waals surface area (Å²) in [5, 5.41) is 12.5. The molecule has 1 aliphatic heterocycles. The number of likely N-dealkylation sites (tertiary alicyclic amines) is 1.